The third-order valence-electron chi connectivity index (χ3n) is 4.71. The van der Waals surface area contributed by atoms with Gasteiger partial charge in [-0.25, -0.2) is 9.69 Å². The first-order chi connectivity index (χ1) is 16.2. The van der Waals surface area contributed by atoms with Gasteiger partial charge in [0.15, 0.2) is 5.75 Å². The van der Waals surface area contributed by atoms with Crippen LogP contribution in [-0.4, -0.2) is 31.4 Å². The standard InChI is InChI=1S/C23H15ClN2O7S/c24-19-13-14(6-11-20(19)33-34(31,32)17-4-2-1-3-5-17)12-18-21(28)25-23(30)26(22(18)29)15-7-9-16(27)10-8-15/h1-13,27H,(H,25,28,30)/b18-12+. The average Bonchev–Trinajstić information content (AvgIpc) is 2.80. The molecule has 0 aromatic heterocycles. The molecule has 1 saturated heterocycles. The van der Waals surface area contributed by atoms with Gasteiger partial charge in [0.1, 0.15) is 16.2 Å². The molecule has 34 heavy (non-hydrogen) atoms. The summed E-state index contributed by atoms with van der Waals surface area (Å²) in [5.74, 6) is -2.00. The molecule has 0 spiro atoms. The molecule has 2 N–H and O–H groups in total. The van der Waals surface area contributed by atoms with Crippen molar-refractivity contribution in [1.29, 1.82) is 0 Å². The highest BCUT2D eigenvalue weighted by Crippen LogP contribution is 2.30. The van der Waals surface area contributed by atoms with Gasteiger partial charge in [0, 0.05) is 0 Å². The number of barbiturate groups is 1. The second-order valence-corrected chi connectivity index (χ2v) is 8.97. The minimum atomic E-state index is -4.12. The van der Waals surface area contributed by atoms with Crippen molar-refractivity contribution in [3.63, 3.8) is 0 Å². The van der Waals surface area contributed by atoms with Gasteiger partial charge < -0.3 is 9.29 Å². The van der Waals surface area contributed by atoms with Crippen molar-refractivity contribution < 1.29 is 32.1 Å². The molecule has 4 rings (SSSR count). The Morgan fingerprint density at radius 1 is 0.941 bits per heavy atom. The van der Waals surface area contributed by atoms with E-state index in [0.717, 1.165) is 4.90 Å². The number of nitrogens with one attached hydrogen (secondary N) is 1. The molecule has 9 nitrogen and oxygen atoms in total. The van der Waals surface area contributed by atoms with Gasteiger partial charge >= 0.3 is 16.1 Å². The molecule has 0 aliphatic carbocycles. The summed E-state index contributed by atoms with van der Waals surface area (Å²) in [6, 6.07) is 15.8. The van der Waals surface area contributed by atoms with Crippen LogP contribution in [-0.2, 0) is 19.7 Å². The van der Waals surface area contributed by atoms with Crippen molar-refractivity contribution in [2.24, 2.45) is 0 Å². The molecular formula is C23H15ClN2O7S. The van der Waals surface area contributed by atoms with E-state index in [1.165, 1.54) is 60.7 Å². The molecule has 172 valence electrons. The molecule has 0 bridgehead atoms. The fourth-order valence-electron chi connectivity index (χ4n) is 3.09. The topological polar surface area (TPSA) is 130 Å². The zero-order chi connectivity index (χ0) is 24.5. The Labute approximate surface area is 199 Å². The van der Waals surface area contributed by atoms with Crippen LogP contribution in [0, 0.1) is 0 Å². The largest absolute Gasteiger partial charge is 0.508 e. The van der Waals surface area contributed by atoms with Crippen LogP contribution >= 0.6 is 11.6 Å². The minimum Gasteiger partial charge on any atom is -0.508 e. The molecular weight excluding hydrogens is 484 g/mol. The summed E-state index contributed by atoms with van der Waals surface area (Å²) in [5.41, 5.74) is 0.0777. The number of anilines is 1. The molecule has 1 aliphatic rings. The number of aromatic hydroxyl groups is 1. The van der Waals surface area contributed by atoms with E-state index in [-0.39, 0.29) is 38.2 Å². The summed E-state index contributed by atoms with van der Waals surface area (Å²) in [6.45, 7) is 0. The van der Waals surface area contributed by atoms with E-state index < -0.39 is 28.0 Å². The number of hydrogen-bond donors (Lipinski definition) is 2. The number of carbonyl (C=O) groups is 3. The molecule has 0 saturated carbocycles. The van der Waals surface area contributed by atoms with Crippen LogP contribution < -0.4 is 14.4 Å². The fourth-order valence-corrected chi connectivity index (χ4v) is 4.33. The van der Waals surface area contributed by atoms with Crippen LogP contribution in [0.2, 0.25) is 5.02 Å². The number of nitrogens with zero attached hydrogens (tertiary/aromatic N) is 1. The van der Waals surface area contributed by atoms with E-state index in [4.69, 9.17) is 15.8 Å². The van der Waals surface area contributed by atoms with Gasteiger partial charge in [-0.1, -0.05) is 35.9 Å². The Balaban J connectivity index is 1.62. The van der Waals surface area contributed by atoms with Gasteiger partial charge in [-0.15, -0.1) is 0 Å². The van der Waals surface area contributed by atoms with E-state index in [1.54, 1.807) is 18.2 Å². The number of phenols is 1. The lowest BCUT2D eigenvalue weighted by atomic mass is 10.1. The van der Waals surface area contributed by atoms with Crippen LogP contribution in [0.5, 0.6) is 11.5 Å². The van der Waals surface area contributed by atoms with Gasteiger partial charge in [0.2, 0.25) is 0 Å². The van der Waals surface area contributed by atoms with Gasteiger partial charge in [-0.2, -0.15) is 8.42 Å². The van der Waals surface area contributed by atoms with Gasteiger partial charge in [0.25, 0.3) is 11.8 Å². The van der Waals surface area contributed by atoms with Gasteiger partial charge in [-0.05, 0) is 60.2 Å². The highest BCUT2D eigenvalue weighted by Gasteiger charge is 2.36. The SMILES string of the molecule is O=C1NC(=O)N(c2ccc(O)cc2)C(=O)/C1=C/c1ccc(OS(=O)(=O)c2ccccc2)c(Cl)c1. The highest BCUT2D eigenvalue weighted by molar-refractivity contribution is 7.87. The smallest absolute Gasteiger partial charge is 0.339 e. The van der Waals surface area contributed by atoms with E-state index >= 15 is 0 Å². The molecule has 1 heterocycles. The molecule has 0 unspecified atom stereocenters. The van der Waals surface area contributed by atoms with Crippen LogP contribution in [0.25, 0.3) is 6.08 Å². The highest BCUT2D eigenvalue weighted by atomic mass is 35.5. The zero-order valence-electron chi connectivity index (χ0n) is 17.1. The second kappa shape index (κ2) is 9.00. The third kappa shape index (κ3) is 4.63. The van der Waals surface area contributed by atoms with Crippen LogP contribution in [0.1, 0.15) is 5.56 Å². The number of benzene rings is 3. The number of imide groups is 2. The summed E-state index contributed by atoms with van der Waals surface area (Å²) in [4.78, 5) is 38.2. The molecule has 1 aliphatic heterocycles. The van der Waals surface area contributed by atoms with Crippen LogP contribution in [0.3, 0.4) is 0 Å². The Bertz CT molecular complexity index is 1440. The molecule has 3 aromatic rings. The lowest BCUT2D eigenvalue weighted by Gasteiger charge is -2.26. The maximum Gasteiger partial charge on any atom is 0.339 e. The van der Waals surface area contributed by atoms with Crippen LogP contribution in [0.15, 0.2) is 83.3 Å². The number of rotatable bonds is 5. The van der Waals surface area contributed by atoms with Crippen molar-refractivity contribution in [2.45, 2.75) is 4.90 Å². The second-order valence-electron chi connectivity index (χ2n) is 7.01. The first kappa shape index (κ1) is 23.0. The summed E-state index contributed by atoms with van der Waals surface area (Å²) in [6.07, 6.45) is 1.21. The maximum atomic E-state index is 12.9. The molecule has 0 radical (unpaired) electrons. The van der Waals surface area contributed by atoms with Crippen molar-refractivity contribution in [3.05, 3.63) is 89.0 Å². The van der Waals surface area contributed by atoms with E-state index in [2.05, 4.69) is 5.32 Å². The number of halogens is 1. The number of hydrogen-bond acceptors (Lipinski definition) is 7. The van der Waals surface area contributed by atoms with Crippen molar-refractivity contribution >= 4 is 51.3 Å². The lowest BCUT2D eigenvalue weighted by molar-refractivity contribution is -0.122. The number of amides is 4. The van der Waals surface area contributed by atoms with Gasteiger partial charge in [0.05, 0.1) is 10.7 Å². The predicted octanol–water partition coefficient (Wildman–Crippen LogP) is 3.48. The number of phenolic OH excluding ortho intramolecular Hbond substituents is 1. The first-order valence-corrected chi connectivity index (χ1v) is 11.4. The summed E-state index contributed by atoms with van der Waals surface area (Å²) >= 11 is 6.18. The quantitative estimate of drug-likeness (QED) is 0.313. The fraction of sp³-hybridized carbons (Fsp3) is 0. The summed E-state index contributed by atoms with van der Waals surface area (Å²) < 4.78 is 29.9. The van der Waals surface area contributed by atoms with Crippen molar-refractivity contribution in [2.75, 3.05) is 4.90 Å². The van der Waals surface area contributed by atoms with E-state index in [0.29, 0.717) is 0 Å². The van der Waals surface area contributed by atoms with Gasteiger partial charge in [-0.3, -0.25) is 14.9 Å². The third-order valence-corrected chi connectivity index (χ3v) is 6.25. The Kier molecular flexibility index (Phi) is 6.10. The number of urea groups is 1. The zero-order valence-corrected chi connectivity index (χ0v) is 18.7. The predicted molar refractivity (Wildman–Crippen MR) is 123 cm³/mol. The minimum absolute atomic E-state index is 0.0549. The molecule has 1 fully saturated rings. The first-order valence-electron chi connectivity index (χ1n) is 9.65. The summed E-state index contributed by atoms with van der Waals surface area (Å²) in [5, 5.41) is 11.4. The van der Waals surface area contributed by atoms with Crippen molar-refractivity contribution in [1.82, 2.24) is 5.32 Å². The molecule has 0 atom stereocenters. The van der Waals surface area contributed by atoms with Crippen molar-refractivity contribution in [3.8, 4) is 11.5 Å². The Morgan fingerprint density at radius 3 is 2.26 bits per heavy atom. The summed E-state index contributed by atoms with van der Waals surface area (Å²) in [7, 11) is -4.12. The molecule has 3 aromatic carbocycles. The Morgan fingerprint density at radius 2 is 1.62 bits per heavy atom. The lowest BCUT2D eigenvalue weighted by Crippen LogP contribution is -2.54. The molecule has 4 amide bonds. The monoisotopic (exact) mass is 498 g/mol. The maximum absolute atomic E-state index is 12.9. The Hall–Kier alpha value is -4.15. The van der Waals surface area contributed by atoms with Crippen LogP contribution in [0.4, 0.5) is 10.5 Å². The normalized spacial score (nSPS) is 15.4. The van der Waals surface area contributed by atoms with E-state index in [1.807, 2.05) is 0 Å². The average molecular weight is 499 g/mol. The number of carbonyl (C=O) groups excluding carboxylic acids is 3. The van der Waals surface area contributed by atoms with E-state index in [9.17, 15) is 27.9 Å². The molecule has 11 heteroatoms.